The third-order valence-electron chi connectivity index (χ3n) is 8.50. The van der Waals surface area contributed by atoms with Crippen LogP contribution in [0.1, 0.15) is 77.0 Å². The summed E-state index contributed by atoms with van der Waals surface area (Å²) in [6.07, 6.45) is 13.1. The predicted octanol–water partition coefficient (Wildman–Crippen LogP) is 4.70. The molecule has 248 valence electrons. The lowest BCUT2D eigenvalue weighted by atomic mass is 10.1. The van der Waals surface area contributed by atoms with Gasteiger partial charge in [0.25, 0.3) is 0 Å². The highest BCUT2D eigenvalue weighted by Crippen LogP contribution is 2.23. The molecule has 12 bridgehead atoms. The highest BCUT2D eigenvalue weighted by Gasteiger charge is 2.13. The predicted molar refractivity (Wildman–Crippen MR) is 176 cm³/mol. The molecule has 0 amide bonds. The van der Waals surface area contributed by atoms with Crippen molar-refractivity contribution in [1.82, 2.24) is 80.8 Å². The molecule has 0 N–H and O–H groups in total. The Kier molecular flexibility index (Phi) is 10.1. The Labute approximate surface area is 277 Å². The minimum absolute atomic E-state index is 0.598. The molecule has 0 fully saturated rings. The minimum atomic E-state index is 0.598. The number of hydrogen-bond acceptors (Lipinski definition) is 12. The van der Waals surface area contributed by atoms with E-state index in [0.29, 0.717) is 23.3 Å². The van der Waals surface area contributed by atoms with Gasteiger partial charge in [-0.25, -0.2) is 0 Å². The molecule has 0 atom stereocenters. The second-order valence-corrected chi connectivity index (χ2v) is 12.2. The van der Waals surface area contributed by atoms with Gasteiger partial charge in [-0.05, 0) is 58.7 Å². The van der Waals surface area contributed by atoms with Crippen molar-refractivity contribution in [3.63, 3.8) is 0 Å². The summed E-state index contributed by atoms with van der Waals surface area (Å²) < 4.78 is 0. The van der Waals surface area contributed by atoms with Crippen LogP contribution in [0.2, 0.25) is 0 Å². The third-order valence-corrected chi connectivity index (χ3v) is 8.50. The molecule has 5 heterocycles. The zero-order chi connectivity index (χ0) is 32.4. The summed E-state index contributed by atoms with van der Waals surface area (Å²) in [7, 11) is 0. The molecule has 0 radical (unpaired) electrons. The molecule has 1 aliphatic heterocycles. The fourth-order valence-corrected chi connectivity index (χ4v) is 5.84. The number of hydrogen-bond donors (Lipinski definition) is 0. The van der Waals surface area contributed by atoms with E-state index in [0.717, 1.165) is 125 Å². The third kappa shape index (κ3) is 8.16. The molecule has 0 unspecified atom stereocenters. The number of aromatic nitrogens is 16. The number of fused-ring (bicyclic) bond motifs is 16. The average molecular weight is 649 g/mol. The molecule has 48 heavy (non-hydrogen) atoms. The number of aryl methyl sites for hydroxylation is 4. The van der Waals surface area contributed by atoms with Gasteiger partial charge in [-0.15, -0.1) is 40.8 Å². The fourth-order valence-electron chi connectivity index (χ4n) is 5.84. The Morgan fingerprint density at radius 3 is 0.854 bits per heavy atom. The van der Waals surface area contributed by atoms with Crippen molar-refractivity contribution in [3.8, 4) is 45.6 Å². The van der Waals surface area contributed by atoms with Crippen LogP contribution in [0.4, 0.5) is 0 Å². The van der Waals surface area contributed by atoms with Crippen molar-refractivity contribution >= 4 is 0 Å². The van der Waals surface area contributed by atoms with E-state index < -0.39 is 0 Å². The lowest BCUT2D eigenvalue weighted by Gasteiger charge is -2.02. The van der Waals surface area contributed by atoms with Crippen LogP contribution in [0.25, 0.3) is 45.6 Å². The maximum absolute atomic E-state index is 4.62. The first-order valence-electron chi connectivity index (χ1n) is 17.1. The SMILES string of the molecule is c1cc2cc(c1)-c1nnn(n1)CCCCCCCCn1nnc(n1)-c1cccc(c1)-c1nnn(n1)CCCCCCCCn1nnc-2n1. The summed E-state index contributed by atoms with van der Waals surface area (Å²) in [4.78, 5) is 6.75. The summed E-state index contributed by atoms with van der Waals surface area (Å²) in [6, 6.07) is 15.9. The quantitative estimate of drug-likeness (QED) is 0.222. The zero-order valence-electron chi connectivity index (χ0n) is 27.1. The molecule has 16 nitrogen and oxygen atoms in total. The highest BCUT2D eigenvalue weighted by atomic mass is 15.6. The highest BCUT2D eigenvalue weighted by molar-refractivity contribution is 5.66. The van der Waals surface area contributed by atoms with Crippen LogP contribution < -0.4 is 0 Å². The molecule has 0 saturated heterocycles. The van der Waals surface area contributed by atoms with Gasteiger partial charge in [0.1, 0.15) is 0 Å². The van der Waals surface area contributed by atoms with E-state index in [9.17, 15) is 0 Å². The minimum Gasteiger partial charge on any atom is -0.164 e. The van der Waals surface area contributed by atoms with Crippen molar-refractivity contribution in [3.05, 3.63) is 48.5 Å². The van der Waals surface area contributed by atoms with Crippen LogP contribution >= 0.6 is 0 Å². The van der Waals surface area contributed by atoms with E-state index in [4.69, 9.17) is 0 Å². The monoisotopic (exact) mass is 648 g/mol. The van der Waals surface area contributed by atoms with Crippen LogP contribution in [-0.2, 0) is 26.2 Å². The standard InChI is InChI=1S/C32H40N16/c1-2-6-10-20-46-38-30(34-42-46)26-16-14-18-28(24-26)32-36-44-48(40-32)22-12-8-4-3-7-11-21-47-39-31(35-43-47)27-17-13-15-25(23-27)29-33-41-45(37-29)19-9-5-1/h13-18,23-24H,1-12,19-22H2. The first-order chi connectivity index (χ1) is 23.8. The Hall–Kier alpha value is -5.28. The molecule has 7 rings (SSSR count). The maximum atomic E-state index is 4.62. The van der Waals surface area contributed by atoms with E-state index in [1.807, 2.05) is 48.5 Å². The van der Waals surface area contributed by atoms with Crippen LogP contribution in [-0.4, -0.2) is 80.8 Å². The molecule has 0 saturated carbocycles. The molecule has 1 aliphatic rings. The van der Waals surface area contributed by atoms with Gasteiger partial charge >= 0.3 is 0 Å². The Morgan fingerprint density at radius 1 is 0.333 bits per heavy atom. The number of rotatable bonds is 0. The van der Waals surface area contributed by atoms with Crippen LogP contribution in [0.15, 0.2) is 48.5 Å². The van der Waals surface area contributed by atoms with Gasteiger partial charge in [0.2, 0.25) is 23.3 Å². The zero-order valence-corrected chi connectivity index (χ0v) is 27.1. The maximum Gasteiger partial charge on any atom is 0.204 e. The normalized spacial score (nSPS) is 15.8. The lowest BCUT2D eigenvalue weighted by Crippen LogP contribution is -2.03. The van der Waals surface area contributed by atoms with Gasteiger partial charge < -0.3 is 0 Å². The summed E-state index contributed by atoms with van der Waals surface area (Å²) >= 11 is 0. The average Bonchev–Trinajstić information content (AvgIpc) is 3.95. The van der Waals surface area contributed by atoms with Gasteiger partial charge in [0, 0.05) is 22.3 Å². The molecule has 16 heteroatoms. The summed E-state index contributed by atoms with van der Waals surface area (Å²) in [5.74, 6) is 2.39. The van der Waals surface area contributed by atoms with Gasteiger partial charge in [-0.3, -0.25) is 0 Å². The Bertz CT molecular complexity index is 1620. The van der Waals surface area contributed by atoms with Crippen molar-refractivity contribution in [2.24, 2.45) is 0 Å². The number of nitrogens with zero attached hydrogens (tertiary/aromatic N) is 16. The van der Waals surface area contributed by atoms with Crippen LogP contribution in [0.5, 0.6) is 0 Å². The fraction of sp³-hybridized carbons (Fsp3) is 0.500. The molecule has 2 aromatic carbocycles. The summed E-state index contributed by atoms with van der Waals surface area (Å²) in [6.45, 7) is 2.96. The smallest absolute Gasteiger partial charge is 0.164 e. The Balaban J connectivity index is 0.980. The second kappa shape index (κ2) is 15.5. The Morgan fingerprint density at radius 2 is 0.583 bits per heavy atom. The van der Waals surface area contributed by atoms with Crippen molar-refractivity contribution < 1.29 is 0 Å². The summed E-state index contributed by atoms with van der Waals surface area (Å²) in [5.41, 5.74) is 3.54. The second-order valence-electron chi connectivity index (χ2n) is 12.2. The van der Waals surface area contributed by atoms with E-state index in [2.05, 4.69) is 61.6 Å². The molecule has 4 aromatic heterocycles. The van der Waals surface area contributed by atoms with Crippen molar-refractivity contribution in [2.45, 2.75) is 103 Å². The molecule has 0 spiro atoms. The van der Waals surface area contributed by atoms with Crippen molar-refractivity contribution in [2.75, 3.05) is 0 Å². The van der Waals surface area contributed by atoms with Crippen LogP contribution in [0, 0.1) is 0 Å². The molecule has 0 aliphatic carbocycles. The molecular weight excluding hydrogens is 608 g/mol. The lowest BCUT2D eigenvalue weighted by molar-refractivity contribution is 0.455. The van der Waals surface area contributed by atoms with Gasteiger partial charge in [0.15, 0.2) is 0 Å². The largest absolute Gasteiger partial charge is 0.204 e. The van der Waals surface area contributed by atoms with Gasteiger partial charge in [-0.1, -0.05) is 87.8 Å². The number of tetrazole rings is 4. The van der Waals surface area contributed by atoms with Crippen molar-refractivity contribution in [1.29, 1.82) is 0 Å². The molecule has 6 aromatic rings. The summed E-state index contributed by atoms with van der Waals surface area (Å²) in [5, 5.41) is 52.8. The van der Waals surface area contributed by atoms with E-state index >= 15 is 0 Å². The van der Waals surface area contributed by atoms with Gasteiger partial charge in [0.05, 0.1) is 26.2 Å². The van der Waals surface area contributed by atoms with E-state index in [-0.39, 0.29) is 0 Å². The number of benzene rings is 2. The first kappa shape index (κ1) is 31.3. The van der Waals surface area contributed by atoms with E-state index in [1.165, 1.54) is 0 Å². The van der Waals surface area contributed by atoms with Crippen LogP contribution in [0.3, 0.4) is 0 Å². The first-order valence-corrected chi connectivity index (χ1v) is 17.1. The van der Waals surface area contributed by atoms with Gasteiger partial charge in [-0.2, -0.15) is 19.2 Å². The topological polar surface area (TPSA) is 174 Å². The molecular formula is C32H40N16. The van der Waals surface area contributed by atoms with E-state index in [1.54, 1.807) is 19.2 Å².